The number of aliphatic hydroxyl groups is 1. The van der Waals surface area contributed by atoms with Gasteiger partial charge in [-0.3, -0.25) is 0 Å². The molecule has 0 bridgehead atoms. The minimum absolute atomic E-state index is 0.235. The number of ether oxygens (including phenoxy) is 2. The van der Waals surface area contributed by atoms with Gasteiger partial charge in [0.1, 0.15) is 0 Å². The van der Waals surface area contributed by atoms with Crippen molar-refractivity contribution >= 4 is 6.03 Å². The molecule has 112 valence electrons. The van der Waals surface area contributed by atoms with E-state index in [1.165, 1.54) is 4.90 Å². The Balaban J connectivity index is 2.59. The van der Waals surface area contributed by atoms with Crippen molar-refractivity contribution in [3.05, 3.63) is 23.8 Å². The van der Waals surface area contributed by atoms with Crippen LogP contribution >= 0.6 is 0 Å². The Hall–Kier alpha value is -1.95. The van der Waals surface area contributed by atoms with Gasteiger partial charge >= 0.3 is 6.03 Å². The summed E-state index contributed by atoms with van der Waals surface area (Å²) in [5.41, 5.74) is 0.904. The van der Waals surface area contributed by atoms with Gasteiger partial charge in [-0.25, -0.2) is 4.79 Å². The molecule has 20 heavy (non-hydrogen) atoms. The summed E-state index contributed by atoms with van der Waals surface area (Å²) in [7, 11) is 4.78. The van der Waals surface area contributed by atoms with Crippen molar-refractivity contribution in [3.8, 4) is 11.5 Å². The fraction of sp³-hybridized carbons (Fsp3) is 0.500. The lowest BCUT2D eigenvalue weighted by Crippen LogP contribution is -2.40. The first-order valence-corrected chi connectivity index (χ1v) is 6.35. The Bertz CT molecular complexity index is 449. The van der Waals surface area contributed by atoms with E-state index in [0.29, 0.717) is 18.0 Å². The number of carbonyl (C=O) groups is 1. The lowest BCUT2D eigenvalue weighted by molar-refractivity contribution is 0.143. The largest absolute Gasteiger partial charge is 0.493 e. The smallest absolute Gasteiger partial charge is 0.317 e. The Kier molecular flexibility index (Phi) is 6.11. The monoisotopic (exact) mass is 282 g/mol. The molecule has 1 atom stereocenters. The van der Waals surface area contributed by atoms with E-state index in [1.54, 1.807) is 34.3 Å². The third-order valence-electron chi connectivity index (χ3n) is 2.78. The van der Waals surface area contributed by atoms with Crippen LogP contribution in [-0.2, 0) is 6.54 Å². The number of hydrogen-bond acceptors (Lipinski definition) is 4. The number of nitrogens with zero attached hydrogens (tertiary/aromatic N) is 1. The first-order valence-electron chi connectivity index (χ1n) is 6.35. The fourth-order valence-electron chi connectivity index (χ4n) is 1.78. The lowest BCUT2D eigenvalue weighted by Gasteiger charge is -2.19. The maximum Gasteiger partial charge on any atom is 0.317 e. The van der Waals surface area contributed by atoms with Crippen molar-refractivity contribution in [1.29, 1.82) is 0 Å². The molecule has 0 fully saturated rings. The Morgan fingerprint density at radius 2 is 2.00 bits per heavy atom. The van der Waals surface area contributed by atoms with Crippen LogP contribution in [0.4, 0.5) is 4.79 Å². The van der Waals surface area contributed by atoms with Crippen molar-refractivity contribution in [2.24, 2.45) is 0 Å². The topological polar surface area (TPSA) is 71.0 Å². The minimum Gasteiger partial charge on any atom is -0.493 e. The fourth-order valence-corrected chi connectivity index (χ4v) is 1.78. The van der Waals surface area contributed by atoms with Crippen LogP contribution in [0.2, 0.25) is 0 Å². The minimum atomic E-state index is -0.549. The van der Waals surface area contributed by atoms with Gasteiger partial charge < -0.3 is 24.8 Å². The highest BCUT2D eigenvalue weighted by molar-refractivity contribution is 5.73. The number of amides is 2. The van der Waals surface area contributed by atoms with Gasteiger partial charge in [0.2, 0.25) is 0 Å². The van der Waals surface area contributed by atoms with Crippen LogP contribution in [0, 0.1) is 0 Å². The Labute approximate surface area is 119 Å². The van der Waals surface area contributed by atoms with Gasteiger partial charge in [-0.1, -0.05) is 6.07 Å². The molecule has 0 saturated heterocycles. The van der Waals surface area contributed by atoms with Gasteiger partial charge in [-0.05, 0) is 24.6 Å². The molecule has 1 aromatic carbocycles. The highest BCUT2D eigenvalue weighted by Crippen LogP contribution is 2.27. The molecule has 1 rings (SSSR count). The van der Waals surface area contributed by atoms with E-state index in [1.807, 2.05) is 12.1 Å². The second-order valence-corrected chi connectivity index (χ2v) is 4.58. The first-order chi connectivity index (χ1) is 9.47. The zero-order valence-corrected chi connectivity index (χ0v) is 12.3. The predicted molar refractivity (Wildman–Crippen MR) is 76.1 cm³/mol. The van der Waals surface area contributed by atoms with E-state index in [0.717, 1.165) is 5.56 Å². The SMILES string of the molecule is COc1ccc(CNC(=O)N(C)CC(C)O)cc1OC. The van der Waals surface area contributed by atoms with Crippen molar-refractivity contribution in [1.82, 2.24) is 10.2 Å². The van der Waals surface area contributed by atoms with E-state index < -0.39 is 6.10 Å². The van der Waals surface area contributed by atoms with Gasteiger partial charge in [0.05, 0.1) is 20.3 Å². The molecular formula is C14H22N2O4. The molecule has 0 aliphatic carbocycles. The quantitative estimate of drug-likeness (QED) is 0.823. The average molecular weight is 282 g/mol. The second kappa shape index (κ2) is 7.59. The summed E-state index contributed by atoms with van der Waals surface area (Å²) in [5.74, 6) is 1.27. The van der Waals surface area contributed by atoms with E-state index in [4.69, 9.17) is 9.47 Å². The number of hydrogen-bond donors (Lipinski definition) is 2. The highest BCUT2D eigenvalue weighted by Gasteiger charge is 2.11. The molecule has 0 heterocycles. The van der Waals surface area contributed by atoms with Crippen LogP contribution in [0.25, 0.3) is 0 Å². The summed E-state index contributed by atoms with van der Waals surface area (Å²) in [5, 5.41) is 12.0. The number of rotatable bonds is 6. The molecule has 0 aliphatic heterocycles. The summed E-state index contributed by atoms with van der Waals surface area (Å²) in [6.07, 6.45) is -0.549. The number of methoxy groups -OCH3 is 2. The summed E-state index contributed by atoms with van der Waals surface area (Å²) in [4.78, 5) is 13.2. The van der Waals surface area contributed by atoms with Crippen LogP contribution in [0.1, 0.15) is 12.5 Å². The van der Waals surface area contributed by atoms with E-state index in [-0.39, 0.29) is 12.6 Å². The van der Waals surface area contributed by atoms with Crippen molar-refractivity contribution in [3.63, 3.8) is 0 Å². The predicted octanol–water partition coefficient (Wildman–Crippen LogP) is 1.23. The van der Waals surface area contributed by atoms with Crippen molar-refractivity contribution < 1.29 is 19.4 Å². The zero-order valence-electron chi connectivity index (χ0n) is 12.3. The maximum atomic E-state index is 11.8. The molecule has 0 aliphatic rings. The van der Waals surface area contributed by atoms with E-state index >= 15 is 0 Å². The van der Waals surface area contributed by atoms with Crippen LogP contribution in [-0.4, -0.2) is 50.0 Å². The summed E-state index contributed by atoms with van der Waals surface area (Å²) in [6, 6.07) is 5.23. The number of aliphatic hydroxyl groups excluding tert-OH is 1. The first kappa shape index (κ1) is 16.1. The van der Waals surface area contributed by atoms with Crippen LogP contribution in [0.3, 0.4) is 0 Å². The van der Waals surface area contributed by atoms with E-state index in [2.05, 4.69) is 5.32 Å². The zero-order chi connectivity index (χ0) is 15.1. The second-order valence-electron chi connectivity index (χ2n) is 4.58. The molecule has 1 unspecified atom stereocenters. The van der Waals surface area contributed by atoms with Gasteiger partial charge in [-0.2, -0.15) is 0 Å². The summed E-state index contributed by atoms with van der Waals surface area (Å²) < 4.78 is 10.4. The summed E-state index contributed by atoms with van der Waals surface area (Å²) in [6.45, 7) is 2.30. The standard InChI is InChI=1S/C14H22N2O4/c1-10(17)9-16(2)14(18)15-8-11-5-6-12(19-3)13(7-11)20-4/h5-7,10,17H,8-9H2,1-4H3,(H,15,18). The molecule has 0 spiro atoms. The summed E-state index contributed by atoms with van der Waals surface area (Å²) >= 11 is 0. The molecule has 6 heteroatoms. The third-order valence-corrected chi connectivity index (χ3v) is 2.78. The van der Waals surface area contributed by atoms with Gasteiger partial charge in [-0.15, -0.1) is 0 Å². The molecule has 6 nitrogen and oxygen atoms in total. The Morgan fingerprint density at radius 3 is 2.55 bits per heavy atom. The number of carbonyl (C=O) groups excluding carboxylic acids is 1. The molecule has 0 aromatic heterocycles. The average Bonchev–Trinajstić information content (AvgIpc) is 2.43. The lowest BCUT2D eigenvalue weighted by atomic mass is 10.2. The maximum absolute atomic E-state index is 11.8. The van der Waals surface area contributed by atoms with Crippen molar-refractivity contribution in [2.45, 2.75) is 19.6 Å². The molecule has 1 aromatic rings. The van der Waals surface area contributed by atoms with Crippen LogP contribution in [0.5, 0.6) is 11.5 Å². The van der Waals surface area contributed by atoms with Gasteiger partial charge in [0.25, 0.3) is 0 Å². The van der Waals surface area contributed by atoms with Crippen LogP contribution < -0.4 is 14.8 Å². The normalized spacial score (nSPS) is 11.7. The number of urea groups is 1. The third kappa shape index (κ3) is 4.62. The number of likely N-dealkylation sites (N-methyl/N-ethyl adjacent to an activating group) is 1. The highest BCUT2D eigenvalue weighted by atomic mass is 16.5. The number of benzene rings is 1. The molecule has 0 saturated carbocycles. The van der Waals surface area contributed by atoms with Crippen LogP contribution in [0.15, 0.2) is 18.2 Å². The molecule has 2 N–H and O–H groups in total. The van der Waals surface area contributed by atoms with Gasteiger partial charge in [0.15, 0.2) is 11.5 Å². The number of nitrogens with one attached hydrogen (secondary N) is 1. The van der Waals surface area contributed by atoms with Crippen molar-refractivity contribution in [2.75, 3.05) is 27.8 Å². The molecular weight excluding hydrogens is 260 g/mol. The van der Waals surface area contributed by atoms with E-state index in [9.17, 15) is 9.90 Å². The molecule has 0 radical (unpaired) electrons. The van der Waals surface area contributed by atoms with Gasteiger partial charge in [0, 0.05) is 20.1 Å². The Morgan fingerprint density at radius 1 is 1.35 bits per heavy atom. The molecule has 2 amide bonds.